The van der Waals surface area contributed by atoms with Crippen LogP contribution >= 0.6 is 0 Å². The highest BCUT2D eigenvalue weighted by molar-refractivity contribution is 5.63. The molecule has 3 aromatic rings. The zero-order valence-corrected chi connectivity index (χ0v) is 13.1. The van der Waals surface area contributed by atoms with Gasteiger partial charge in [0.25, 0.3) is 5.56 Å². The summed E-state index contributed by atoms with van der Waals surface area (Å²) in [5, 5.41) is 0. The molecule has 0 spiro atoms. The van der Waals surface area contributed by atoms with Gasteiger partial charge in [-0.05, 0) is 32.3 Å². The highest BCUT2D eigenvalue weighted by atomic mass is 16.5. The van der Waals surface area contributed by atoms with Crippen LogP contribution in [-0.4, -0.2) is 46.5 Å². The molecule has 3 heterocycles. The van der Waals surface area contributed by atoms with E-state index in [0.29, 0.717) is 12.3 Å². The molecule has 6 nitrogen and oxygen atoms in total. The van der Waals surface area contributed by atoms with Crippen LogP contribution in [0.1, 0.15) is 0 Å². The molecule has 0 saturated carbocycles. The average Bonchev–Trinajstić information content (AvgIpc) is 2.57. The van der Waals surface area contributed by atoms with E-state index in [-0.39, 0.29) is 11.3 Å². The molecule has 0 aliphatic carbocycles. The van der Waals surface area contributed by atoms with Crippen LogP contribution in [0.2, 0.25) is 0 Å². The van der Waals surface area contributed by atoms with Crippen LogP contribution in [0.5, 0.6) is 5.75 Å². The molecule has 0 saturated heterocycles. The smallest absolute Gasteiger partial charge is 0.300 e. The van der Waals surface area contributed by atoms with Crippen LogP contribution in [0.25, 0.3) is 16.8 Å². The number of hydrogen-bond acceptors (Lipinski definition) is 5. The summed E-state index contributed by atoms with van der Waals surface area (Å²) in [5.74, 6) is 0.257. The molecule has 0 radical (unpaired) electrons. The van der Waals surface area contributed by atoms with Crippen molar-refractivity contribution in [1.29, 1.82) is 0 Å². The second kappa shape index (κ2) is 6.58. The number of likely N-dealkylation sites (N-methyl/N-ethyl adjacent to an activating group) is 1. The minimum atomic E-state index is -0.209. The second-order valence-corrected chi connectivity index (χ2v) is 5.47. The standard InChI is InChI=1S/C17H18N4O2/c1-20(2)8-9-23-15-11-19-16-6-5-14(12-21(16)17(15)22)13-4-3-7-18-10-13/h3-7,10-12H,8-9H2,1-2H3. The van der Waals surface area contributed by atoms with E-state index < -0.39 is 0 Å². The van der Waals surface area contributed by atoms with Gasteiger partial charge in [-0.15, -0.1) is 0 Å². The minimum absolute atomic E-state index is 0.209. The summed E-state index contributed by atoms with van der Waals surface area (Å²) < 4.78 is 7.06. The van der Waals surface area contributed by atoms with Crippen molar-refractivity contribution >= 4 is 5.65 Å². The lowest BCUT2D eigenvalue weighted by Gasteiger charge is -2.11. The molecule has 0 amide bonds. The first-order valence-electron chi connectivity index (χ1n) is 7.34. The highest BCUT2D eigenvalue weighted by Gasteiger charge is 2.07. The summed E-state index contributed by atoms with van der Waals surface area (Å²) in [7, 11) is 3.91. The van der Waals surface area contributed by atoms with E-state index in [4.69, 9.17) is 4.74 Å². The molecular formula is C17H18N4O2. The van der Waals surface area contributed by atoms with Crippen molar-refractivity contribution in [3.05, 3.63) is 59.4 Å². The van der Waals surface area contributed by atoms with Gasteiger partial charge in [0.15, 0.2) is 0 Å². The lowest BCUT2D eigenvalue weighted by Crippen LogP contribution is -2.23. The van der Waals surface area contributed by atoms with Crippen molar-refractivity contribution in [1.82, 2.24) is 19.3 Å². The number of fused-ring (bicyclic) bond motifs is 1. The van der Waals surface area contributed by atoms with Crippen LogP contribution in [-0.2, 0) is 0 Å². The Labute approximate surface area is 134 Å². The quantitative estimate of drug-likeness (QED) is 0.718. The largest absolute Gasteiger partial charge is 0.485 e. The number of aromatic nitrogens is 3. The molecule has 0 N–H and O–H groups in total. The molecule has 3 rings (SSSR count). The van der Waals surface area contributed by atoms with Gasteiger partial charge in [-0.3, -0.25) is 14.2 Å². The fourth-order valence-corrected chi connectivity index (χ4v) is 2.20. The second-order valence-electron chi connectivity index (χ2n) is 5.47. The van der Waals surface area contributed by atoms with Crippen LogP contribution < -0.4 is 10.3 Å². The first kappa shape index (κ1) is 15.2. The van der Waals surface area contributed by atoms with E-state index in [0.717, 1.165) is 17.7 Å². The van der Waals surface area contributed by atoms with Crippen molar-refractivity contribution in [3.63, 3.8) is 0 Å². The third-order valence-corrected chi connectivity index (χ3v) is 3.46. The van der Waals surface area contributed by atoms with Gasteiger partial charge in [-0.1, -0.05) is 6.07 Å². The van der Waals surface area contributed by atoms with Crippen LogP contribution in [0.3, 0.4) is 0 Å². The van der Waals surface area contributed by atoms with Crippen LogP contribution in [0, 0.1) is 0 Å². The summed E-state index contributed by atoms with van der Waals surface area (Å²) in [6, 6.07) is 7.55. The lowest BCUT2D eigenvalue weighted by atomic mass is 10.1. The average molecular weight is 310 g/mol. The molecule has 23 heavy (non-hydrogen) atoms. The summed E-state index contributed by atoms with van der Waals surface area (Å²) in [6.45, 7) is 1.18. The third-order valence-electron chi connectivity index (χ3n) is 3.46. The molecule has 0 unspecified atom stereocenters. The Morgan fingerprint density at radius 1 is 1.17 bits per heavy atom. The Morgan fingerprint density at radius 2 is 2.04 bits per heavy atom. The first-order chi connectivity index (χ1) is 11.1. The predicted molar refractivity (Wildman–Crippen MR) is 88.7 cm³/mol. The molecule has 0 atom stereocenters. The van der Waals surface area contributed by atoms with E-state index >= 15 is 0 Å². The Kier molecular flexibility index (Phi) is 4.34. The Bertz CT molecular complexity index is 859. The fourth-order valence-electron chi connectivity index (χ4n) is 2.20. The Hall–Kier alpha value is -2.73. The van der Waals surface area contributed by atoms with Crippen molar-refractivity contribution in [2.24, 2.45) is 0 Å². The maximum atomic E-state index is 12.6. The molecule has 3 aromatic heterocycles. The lowest BCUT2D eigenvalue weighted by molar-refractivity contribution is 0.257. The van der Waals surface area contributed by atoms with Gasteiger partial charge in [0.1, 0.15) is 12.3 Å². The zero-order valence-electron chi connectivity index (χ0n) is 13.1. The third kappa shape index (κ3) is 3.37. The summed E-state index contributed by atoms with van der Waals surface area (Å²) in [4.78, 5) is 22.9. The maximum Gasteiger partial charge on any atom is 0.300 e. The van der Waals surface area contributed by atoms with Crippen molar-refractivity contribution in [2.45, 2.75) is 0 Å². The van der Waals surface area contributed by atoms with Gasteiger partial charge in [-0.2, -0.15) is 0 Å². The van der Waals surface area contributed by atoms with Crippen molar-refractivity contribution < 1.29 is 4.74 Å². The minimum Gasteiger partial charge on any atom is -0.485 e. The number of ether oxygens (including phenoxy) is 1. The van der Waals surface area contributed by atoms with E-state index in [2.05, 4.69) is 9.97 Å². The maximum absolute atomic E-state index is 12.6. The molecule has 0 fully saturated rings. The molecule has 0 bridgehead atoms. The van der Waals surface area contributed by atoms with E-state index in [1.54, 1.807) is 18.6 Å². The van der Waals surface area contributed by atoms with Gasteiger partial charge in [0.05, 0.1) is 6.20 Å². The number of nitrogens with zero attached hydrogens (tertiary/aromatic N) is 4. The van der Waals surface area contributed by atoms with E-state index in [1.165, 1.54) is 10.6 Å². The summed E-state index contributed by atoms with van der Waals surface area (Å²) in [5.41, 5.74) is 2.22. The van der Waals surface area contributed by atoms with Gasteiger partial charge < -0.3 is 9.64 Å². The molecule has 0 aromatic carbocycles. The fraction of sp³-hybridized carbons (Fsp3) is 0.235. The molecule has 118 valence electrons. The molecular weight excluding hydrogens is 292 g/mol. The molecule has 0 aliphatic heterocycles. The van der Waals surface area contributed by atoms with Gasteiger partial charge in [0.2, 0.25) is 5.75 Å². The van der Waals surface area contributed by atoms with E-state index in [1.807, 2.05) is 43.3 Å². The predicted octanol–water partition coefficient (Wildman–Crippen LogP) is 1.70. The monoisotopic (exact) mass is 310 g/mol. The Morgan fingerprint density at radius 3 is 2.78 bits per heavy atom. The first-order valence-corrected chi connectivity index (χ1v) is 7.34. The SMILES string of the molecule is CN(C)CCOc1cnc2ccc(-c3cccnc3)cn2c1=O. The van der Waals surface area contributed by atoms with Gasteiger partial charge in [0, 0.05) is 36.3 Å². The van der Waals surface area contributed by atoms with Gasteiger partial charge in [-0.25, -0.2) is 4.98 Å². The zero-order chi connectivity index (χ0) is 16.2. The number of rotatable bonds is 5. The van der Waals surface area contributed by atoms with Crippen LogP contribution in [0.15, 0.2) is 53.8 Å². The van der Waals surface area contributed by atoms with E-state index in [9.17, 15) is 4.79 Å². The summed E-state index contributed by atoms with van der Waals surface area (Å²) in [6.07, 6.45) is 6.73. The molecule has 6 heteroatoms. The van der Waals surface area contributed by atoms with Crippen molar-refractivity contribution in [2.75, 3.05) is 27.2 Å². The molecule has 0 aliphatic rings. The topological polar surface area (TPSA) is 59.7 Å². The highest BCUT2D eigenvalue weighted by Crippen LogP contribution is 2.18. The van der Waals surface area contributed by atoms with Crippen molar-refractivity contribution in [3.8, 4) is 16.9 Å². The van der Waals surface area contributed by atoms with Gasteiger partial charge >= 0.3 is 0 Å². The Balaban J connectivity index is 1.97. The normalized spacial score (nSPS) is 11.1. The van der Waals surface area contributed by atoms with Crippen LogP contribution in [0.4, 0.5) is 0 Å². The summed E-state index contributed by atoms with van der Waals surface area (Å²) >= 11 is 0. The number of pyridine rings is 2. The number of hydrogen-bond donors (Lipinski definition) is 0.